The van der Waals surface area contributed by atoms with Crippen LogP contribution in [0.4, 0.5) is 0 Å². The molecule has 0 aromatic heterocycles. The van der Waals surface area contributed by atoms with Crippen molar-refractivity contribution in [2.75, 3.05) is 26.0 Å². The van der Waals surface area contributed by atoms with Gasteiger partial charge in [0, 0.05) is 23.6 Å². The summed E-state index contributed by atoms with van der Waals surface area (Å²) < 4.78 is 31.1. The Hall–Kier alpha value is -0.960. The minimum Gasteiger partial charge on any atom is -0.465 e. The fourth-order valence-corrected chi connectivity index (χ4v) is 3.31. The third-order valence-electron chi connectivity index (χ3n) is 3.65. The third-order valence-corrected chi connectivity index (χ3v) is 4.91. The van der Waals surface area contributed by atoms with Gasteiger partial charge in [0.25, 0.3) is 0 Å². The maximum absolute atomic E-state index is 12.6. The molecule has 0 fully saturated rings. The molecule has 0 aliphatic rings. The second-order valence-electron chi connectivity index (χ2n) is 6.06. The smallest absolute Gasteiger partial charge is 0.328 e. The highest BCUT2D eigenvalue weighted by Crippen LogP contribution is 2.26. The number of ether oxygens (including phenoxy) is 1. The Labute approximate surface area is 159 Å². The molecule has 142 valence electrons. The van der Waals surface area contributed by atoms with Gasteiger partial charge in [-0.15, -0.1) is 0 Å². The Kier molecular flexibility index (Phi) is 9.06. The zero-order valence-electron chi connectivity index (χ0n) is 15.2. The number of hydrogen-bond donors (Lipinski definition) is 1. The monoisotopic (exact) mass is 434 g/mol. The van der Waals surface area contributed by atoms with E-state index in [1.165, 1.54) is 0 Å². The van der Waals surface area contributed by atoms with Crippen LogP contribution in [0.5, 0.6) is 0 Å². The summed E-state index contributed by atoms with van der Waals surface area (Å²) in [4.78, 5) is 14.6. The number of hydrogen-bond acceptors (Lipinski definition) is 5. The molecule has 0 saturated carbocycles. The molecule has 0 unspecified atom stereocenters. The van der Waals surface area contributed by atoms with E-state index in [0.29, 0.717) is 26.1 Å². The normalized spacial score (nSPS) is 13.2. The lowest BCUT2D eigenvalue weighted by Crippen LogP contribution is -2.41. The van der Waals surface area contributed by atoms with Crippen molar-refractivity contribution in [1.29, 1.82) is 0 Å². The highest BCUT2D eigenvalue weighted by Gasteiger charge is 2.30. The van der Waals surface area contributed by atoms with Crippen molar-refractivity contribution >= 4 is 31.9 Å². The molecule has 0 amide bonds. The van der Waals surface area contributed by atoms with Crippen molar-refractivity contribution < 1.29 is 17.9 Å². The van der Waals surface area contributed by atoms with Crippen LogP contribution in [0.2, 0.25) is 0 Å². The molecular formula is C17H27BrN2O4S. The number of carbonyl (C=O) groups is 1. The molecule has 1 aromatic carbocycles. The Balaban J connectivity index is 2.96. The van der Waals surface area contributed by atoms with Gasteiger partial charge in [0.15, 0.2) is 0 Å². The molecule has 0 aliphatic carbocycles. The van der Waals surface area contributed by atoms with E-state index in [1.807, 2.05) is 43.0 Å². The van der Waals surface area contributed by atoms with Crippen LogP contribution in [-0.4, -0.2) is 51.3 Å². The van der Waals surface area contributed by atoms with E-state index in [4.69, 9.17) is 4.74 Å². The van der Waals surface area contributed by atoms with Crippen LogP contribution in [0.1, 0.15) is 38.8 Å². The summed E-state index contributed by atoms with van der Waals surface area (Å²) in [7, 11) is -3.21. The Morgan fingerprint density at radius 1 is 1.28 bits per heavy atom. The highest BCUT2D eigenvalue weighted by molar-refractivity contribution is 9.10. The largest absolute Gasteiger partial charge is 0.465 e. The van der Waals surface area contributed by atoms with E-state index >= 15 is 0 Å². The Bertz CT molecular complexity index is 647. The van der Waals surface area contributed by atoms with E-state index in [9.17, 15) is 13.2 Å². The molecule has 0 radical (unpaired) electrons. The molecule has 0 spiro atoms. The fraction of sp³-hybridized carbons (Fsp3) is 0.588. The van der Waals surface area contributed by atoms with Crippen molar-refractivity contribution in [3.63, 3.8) is 0 Å². The molecular weight excluding hydrogens is 408 g/mol. The molecule has 1 atom stereocenters. The van der Waals surface area contributed by atoms with Crippen LogP contribution in [0, 0.1) is 0 Å². The summed E-state index contributed by atoms with van der Waals surface area (Å²) in [6.45, 7) is 7.02. The third kappa shape index (κ3) is 7.85. The molecule has 1 aromatic rings. The van der Waals surface area contributed by atoms with Gasteiger partial charge in [0.05, 0.1) is 12.9 Å². The van der Waals surface area contributed by atoms with Crippen molar-refractivity contribution in [3.05, 3.63) is 34.3 Å². The van der Waals surface area contributed by atoms with Crippen LogP contribution >= 0.6 is 15.9 Å². The molecule has 0 heterocycles. The van der Waals surface area contributed by atoms with Crippen molar-refractivity contribution in [2.45, 2.75) is 39.3 Å². The number of esters is 1. The highest BCUT2D eigenvalue weighted by atomic mass is 79.9. The van der Waals surface area contributed by atoms with Gasteiger partial charge in [0.1, 0.15) is 6.04 Å². The van der Waals surface area contributed by atoms with E-state index < -0.39 is 16.1 Å². The van der Waals surface area contributed by atoms with E-state index in [-0.39, 0.29) is 12.0 Å². The van der Waals surface area contributed by atoms with Gasteiger partial charge in [-0.2, -0.15) is 0 Å². The predicted molar refractivity (Wildman–Crippen MR) is 103 cm³/mol. The average Bonchev–Trinajstić information content (AvgIpc) is 2.50. The molecule has 6 nitrogen and oxygen atoms in total. The van der Waals surface area contributed by atoms with Gasteiger partial charge in [0.2, 0.25) is 10.0 Å². The van der Waals surface area contributed by atoms with Gasteiger partial charge < -0.3 is 4.74 Å². The summed E-state index contributed by atoms with van der Waals surface area (Å²) in [5.74, 6) is -0.297. The number of rotatable bonds is 10. The van der Waals surface area contributed by atoms with E-state index in [1.54, 1.807) is 6.92 Å². The van der Waals surface area contributed by atoms with Crippen LogP contribution in [-0.2, 0) is 19.6 Å². The summed E-state index contributed by atoms with van der Waals surface area (Å²) in [5, 5.41) is 0. The van der Waals surface area contributed by atoms with Gasteiger partial charge >= 0.3 is 5.97 Å². The number of nitrogens with one attached hydrogen (secondary N) is 1. The molecule has 25 heavy (non-hydrogen) atoms. The summed E-state index contributed by atoms with van der Waals surface area (Å²) in [5.41, 5.74) is 0.853. The number of carbonyl (C=O) groups excluding carboxylic acids is 1. The van der Waals surface area contributed by atoms with Gasteiger partial charge in [-0.25, -0.2) is 17.9 Å². The zero-order valence-corrected chi connectivity index (χ0v) is 17.6. The summed E-state index contributed by atoms with van der Waals surface area (Å²) in [6, 6.07) is 7.16. The second-order valence-corrected chi connectivity index (χ2v) is 8.81. The van der Waals surface area contributed by atoms with E-state index in [2.05, 4.69) is 20.7 Å². The maximum atomic E-state index is 12.6. The van der Waals surface area contributed by atoms with Crippen molar-refractivity contribution in [1.82, 2.24) is 9.62 Å². The molecule has 8 heteroatoms. The van der Waals surface area contributed by atoms with Crippen LogP contribution < -0.4 is 4.72 Å². The Morgan fingerprint density at radius 3 is 2.36 bits per heavy atom. The van der Waals surface area contributed by atoms with Crippen LogP contribution in [0.25, 0.3) is 0 Å². The summed E-state index contributed by atoms with van der Waals surface area (Å²) in [6.07, 6.45) is 1.73. The predicted octanol–water partition coefficient (Wildman–Crippen LogP) is 2.70. The SMILES string of the molecule is CCOC(=O)[C@H](c1ccc(Br)cc1)N(CCCNS(C)(=O)=O)C(C)C. The number of sulfonamides is 1. The second kappa shape index (κ2) is 10.3. The minimum absolute atomic E-state index is 0.0938. The van der Waals surface area contributed by atoms with E-state index in [0.717, 1.165) is 16.3 Å². The van der Waals surface area contributed by atoms with Crippen LogP contribution in [0.15, 0.2) is 28.7 Å². The number of nitrogens with zero attached hydrogens (tertiary/aromatic N) is 1. The molecule has 1 N–H and O–H groups in total. The minimum atomic E-state index is -3.21. The quantitative estimate of drug-likeness (QED) is 0.452. The van der Waals surface area contributed by atoms with Crippen molar-refractivity contribution in [3.8, 4) is 0 Å². The first-order chi connectivity index (χ1) is 11.7. The molecule has 0 saturated heterocycles. The summed E-state index contributed by atoms with van der Waals surface area (Å²) >= 11 is 3.40. The van der Waals surface area contributed by atoms with Gasteiger partial charge in [-0.05, 0) is 44.9 Å². The average molecular weight is 435 g/mol. The maximum Gasteiger partial charge on any atom is 0.328 e. The number of benzene rings is 1. The lowest BCUT2D eigenvalue weighted by molar-refractivity contribution is -0.150. The standard InChI is InChI=1S/C17H27BrN2O4S/c1-5-24-17(21)16(14-7-9-15(18)10-8-14)20(13(2)3)12-6-11-19-25(4,22)23/h7-10,13,16,19H,5-6,11-12H2,1-4H3/t16-/m0/s1. The first-order valence-corrected chi connectivity index (χ1v) is 11.0. The molecule has 0 aliphatic heterocycles. The fourth-order valence-electron chi connectivity index (χ4n) is 2.53. The van der Waals surface area contributed by atoms with Gasteiger partial charge in [-0.1, -0.05) is 28.1 Å². The zero-order chi connectivity index (χ0) is 19.0. The van der Waals surface area contributed by atoms with Crippen LogP contribution in [0.3, 0.4) is 0 Å². The lowest BCUT2D eigenvalue weighted by Gasteiger charge is -2.33. The molecule has 1 rings (SSSR count). The first kappa shape index (κ1) is 22.1. The van der Waals surface area contributed by atoms with Crippen molar-refractivity contribution in [2.24, 2.45) is 0 Å². The lowest BCUT2D eigenvalue weighted by atomic mass is 10.0. The topological polar surface area (TPSA) is 75.7 Å². The molecule has 0 bridgehead atoms. The Morgan fingerprint density at radius 2 is 1.88 bits per heavy atom. The first-order valence-electron chi connectivity index (χ1n) is 8.28. The van der Waals surface area contributed by atoms with Gasteiger partial charge in [-0.3, -0.25) is 4.90 Å². The number of halogens is 1.